The van der Waals surface area contributed by atoms with Gasteiger partial charge in [0.15, 0.2) is 11.6 Å². The van der Waals surface area contributed by atoms with Gasteiger partial charge >= 0.3 is 0 Å². The Balaban J connectivity index is 1.64. The SMILES string of the molecule is Cc1ccc(NC(=O)c2cccc(CN(C)Cc3ccno3)c2)nn1. The average molecular weight is 337 g/mol. The largest absolute Gasteiger partial charge is 0.360 e. The molecule has 128 valence electrons. The van der Waals surface area contributed by atoms with Crippen molar-refractivity contribution in [3.05, 3.63) is 71.2 Å². The Kier molecular flexibility index (Phi) is 5.15. The molecule has 2 aromatic heterocycles. The van der Waals surface area contributed by atoms with Gasteiger partial charge in [0.1, 0.15) is 0 Å². The molecule has 0 aliphatic rings. The number of nitrogens with zero attached hydrogens (tertiary/aromatic N) is 4. The van der Waals surface area contributed by atoms with Gasteiger partial charge in [0, 0.05) is 18.2 Å². The molecule has 25 heavy (non-hydrogen) atoms. The van der Waals surface area contributed by atoms with Crippen molar-refractivity contribution in [1.29, 1.82) is 0 Å². The third kappa shape index (κ3) is 4.71. The summed E-state index contributed by atoms with van der Waals surface area (Å²) in [4.78, 5) is 14.5. The number of hydrogen-bond acceptors (Lipinski definition) is 6. The van der Waals surface area contributed by atoms with Crippen molar-refractivity contribution in [2.75, 3.05) is 12.4 Å². The standard InChI is InChI=1S/C18H19N5O2/c1-13-6-7-17(22-21-13)20-18(24)15-5-3-4-14(10-15)11-23(2)12-16-8-9-19-25-16/h3-10H,11-12H2,1-2H3,(H,20,22,24). The fourth-order valence-electron chi connectivity index (χ4n) is 2.42. The van der Waals surface area contributed by atoms with Gasteiger partial charge < -0.3 is 9.84 Å². The molecule has 3 aromatic rings. The number of hydrogen-bond donors (Lipinski definition) is 1. The highest BCUT2D eigenvalue weighted by molar-refractivity contribution is 6.03. The Bertz CT molecular complexity index is 831. The molecule has 1 aromatic carbocycles. The van der Waals surface area contributed by atoms with E-state index in [9.17, 15) is 4.79 Å². The van der Waals surface area contributed by atoms with Crippen LogP contribution in [0.2, 0.25) is 0 Å². The van der Waals surface area contributed by atoms with Gasteiger partial charge in [-0.2, -0.15) is 5.10 Å². The van der Waals surface area contributed by atoms with Crippen molar-refractivity contribution < 1.29 is 9.32 Å². The lowest BCUT2D eigenvalue weighted by atomic mass is 10.1. The fourth-order valence-corrected chi connectivity index (χ4v) is 2.42. The predicted molar refractivity (Wildman–Crippen MR) is 92.8 cm³/mol. The van der Waals surface area contributed by atoms with Crippen LogP contribution >= 0.6 is 0 Å². The maximum atomic E-state index is 12.4. The number of benzene rings is 1. The second-order valence-electron chi connectivity index (χ2n) is 5.87. The highest BCUT2D eigenvalue weighted by Gasteiger charge is 2.10. The molecule has 3 rings (SSSR count). The van der Waals surface area contributed by atoms with Crippen LogP contribution in [0.4, 0.5) is 5.82 Å². The van der Waals surface area contributed by atoms with Crippen LogP contribution in [0.3, 0.4) is 0 Å². The van der Waals surface area contributed by atoms with E-state index in [1.807, 2.05) is 38.2 Å². The first-order chi connectivity index (χ1) is 12.1. The number of carbonyl (C=O) groups is 1. The van der Waals surface area contributed by atoms with E-state index in [-0.39, 0.29) is 5.91 Å². The molecule has 0 unspecified atom stereocenters. The molecule has 0 aliphatic heterocycles. The molecule has 0 fully saturated rings. The minimum absolute atomic E-state index is 0.210. The van der Waals surface area contributed by atoms with Crippen molar-refractivity contribution >= 4 is 11.7 Å². The maximum Gasteiger partial charge on any atom is 0.256 e. The Morgan fingerprint density at radius 1 is 1.16 bits per heavy atom. The highest BCUT2D eigenvalue weighted by atomic mass is 16.5. The molecule has 7 nitrogen and oxygen atoms in total. The molecule has 0 aliphatic carbocycles. The molecule has 0 atom stereocenters. The first kappa shape index (κ1) is 16.8. The topological polar surface area (TPSA) is 84.2 Å². The Morgan fingerprint density at radius 3 is 2.76 bits per heavy atom. The van der Waals surface area contributed by atoms with E-state index in [1.54, 1.807) is 24.4 Å². The molecule has 0 saturated carbocycles. The van der Waals surface area contributed by atoms with Crippen LogP contribution in [0, 0.1) is 6.92 Å². The summed E-state index contributed by atoms with van der Waals surface area (Å²) >= 11 is 0. The smallest absolute Gasteiger partial charge is 0.256 e. The van der Waals surface area contributed by atoms with Gasteiger partial charge in [-0.05, 0) is 43.8 Å². The number of amides is 1. The normalized spacial score (nSPS) is 10.8. The number of nitrogens with one attached hydrogen (secondary N) is 1. The van der Waals surface area contributed by atoms with Crippen LogP contribution < -0.4 is 5.32 Å². The van der Waals surface area contributed by atoms with Crippen LogP contribution in [0.25, 0.3) is 0 Å². The fraction of sp³-hybridized carbons (Fsp3) is 0.222. The first-order valence-electron chi connectivity index (χ1n) is 7.89. The summed E-state index contributed by atoms with van der Waals surface area (Å²) in [7, 11) is 1.98. The monoisotopic (exact) mass is 337 g/mol. The van der Waals surface area contributed by atoms with Crippen LogP contribution in [0.15, 0.2) is 53.2 Å². The summed E-state index contributed by atoms with van der Waals surface area (Å²) in [5, 5.41) is 14.3. The number of aryl methyl sites for hydroxylation is 1. The lowest BCUT2D eigenvalue weighted by molar-refractivity contribution is 0.102. The van der Waals surface area contributed by atoms with Gasteiger partial charge in [0.2, 0.25) is 0 Å². The van der Waals surface area contributed by atoms with Gasteiger partial charge in [-0.25, -0.2) is 0 Å². The summed E-state index contributed by atoms with van der Waals surface area (Å²) in [6.45, 7) is 3.18. The summed E-state index contributed by atoms with van der Waals surface area (Å²) in [6, 6.07) is 12.9. The molecule has 0 bridgehead atoms. The number of carbonyl (C=O) groups excluding carboxylic acids is 1. The molecular formula is C18H19N5O2. The zero-order chi connectivity index (χ0) is 17.6. The summed E-state index contributed by atoms with van der Waals surface area (Å²) < 4.78 is 5.11. The highest BCUT2D eigenvalue weighted by Crippen LogP contribution is 2.12. The summed E-state index contributed by atoms with van der Waals surface area (Å²) in [5.74, 6) is 1.02. The molecule has 7 heteroatoms. The number of anilines is 1. The summed E-state index contributed by atoms with van der Waals surface area (Å²) in [5.41, 5.74) is 2.41. The van der Waals surface area contributed by atoms with Gasteiger partial charge in [0.25, 0.3) is 5.91 Å². The Hall–Kier alpha value is -3.06. The summed E-state index contributed by atoms with van der Waals surface area (Å²) in [6.07, 6.45) is 1.63. The zero-order valence-electron chi connectivity index (χ0n) is 14.1. The molecular weight excluding hydrogens is 318 g/mol. The van der Waals surface area contributed by atoms with Gasteiger partial charge in [-0.1, -0.05) is 17.3 Å². The molecule has 2 heterocycles. The molecule has 0 saturated heterocycles. The lowest BCUT2D eigenvalue weighted by Crippen LogP contribution is -2.18. The van der Waals surface area contributed by atoms with Crippen molar-refractivity contribution in [3.63, 3.8) is 0 Å². The number of rotatable bonds is 6. The van der Waals surface area contributed by atoms with Crippen LogP contribution in [-0.2, 0) is 13.1 Å². The van der Waals surface area contributed by atoms with E-state index in [0.717, 1.165) is 17.0 Å². The Morgan fingerprint density at radius 2 is 2.04 bits per heavy atom. The van der Waals surface area contributed by atoms with E-state index in [4.69, 9.17) is 4.52 Å². The van der Waals surface area contributed by atoms with E-state index < -0.39 is 0 Å². The molecule has 0 spiro atoms. The van der Waals surface area contributed by atoms with Crippen molar-refractivity contribution in [3.8, 4) is 0 Å². The van der Waals surface area contributed by atoms with E-state index >= 15 is 0 Å². The molecule has 1 amide bonds. The van der Waals surface area contributed by atoms with Gasteiger partial charge in [0.05, 0.1) is 18.4 Å². The first-order valence-corrected chi connectivity index (χ1v) is 7.89. The van der Waals surface area contributed by atoms with E-state index in [2.05, 4.69) is 25.6 Å². The van der Waals surface area contributed by atoms with Crippen LogP contribution in [-0.4, -0.2) is 33.2 Å². The van der Waals surface area contributed by atoms with Crippen molar-refractivity contribution in [2.45, 2.75) is 20.0 Å². The third-order valence-electron chi connectivity index (χ3n) is 3.60. The maximum absolute atomic E-state index is 12.4. The second kappa shape index (κ2) is 7.67. The molecule has 0 radical (unpaired) electrons. The predicted octanol–water partition coefficient (Wildman–Crippen LogP) is 2.66. The van der Waals surface area contributed by atoms with E-state index in [1.165, 1.54) is 0 Å². The zero-order valence-corrected chi connectivity index (χ0v) is 14.1. The number of aromatic nitrogens is 3. The average Bonchev–Trinajstić information content (AvgIpc) is 3.10. The third-order valence-corrected chi connectivity index (χ3v) is 3.60. The van der Waals surface area contributed by atoms with Crippen molar-refractivity contribution in [2.24, 2.45) is 0 Å². The van der Waals surface area contributed by atoms with E-state index in [0.29, 0.717) is 24.5 Å². The minimum Gasteiger partial charge on any atom is -0.360 e. The van der Waals surface area contributed by atoms with Gasteiger partial charge in [-0.3, -0.25) is 9.69 Å². The Labute approximate surface area is 145 Å². The lowest BCUT2D eigenvalue weighted by Gasteiger charge is -2.15. The van der Waals surface area contributed by atoms with Crippen molar-refractivity contribution in [1.82, 2.24) is 20.3 Å². The molecule has 1 N–H and O–H groups in total. The quantitative estimate of drug-likeness (QED) is 0.744. The second-order valence-corrected chi connectivity index (χ2v) is 5.87. The van der Waals surface area contributed by atoms with Crippen LogP contribution in [0.5, 0.6) is 0 Å². The van der Waals surface area contributed by atoms with Crippen LogP contribution in [0.1, 0.15) is 27.4 Å². The minimum atomic E-state index is -0.210. The van der Waals surface area contributed by atoms with Gasteiger partial charge in [-0.15, -0.1) is 5.10 Å².